The van der Waals surface area contributed by atoms with E-state index >= 15 is 0 Å². The van der Waals surface area contributed by atoms with Gasteiger partial charge in [0.15, 0.2) is 0 Å². The van der Waals surface area contributed by atoms with Gasteiger partial charge in [-0.05, 0) is 5.54 Å². The highest BCUT2D eigenvalue weighted by Crippen LogP contribution is 2.43. The molecule has 0 aliphatic heterocycles. The van der Waals surface area contributed by atoms with Gasteiger partial charge in [0.2, 0.25) is 0 Å². The second kappa shape index (κ2) is 5.94. The maximum atomic E-state index is 2.53. The Kier molecular flexibility index (Phi) is 5.22. The molecule has 0 radical (unpaired) electrons. The van der Waals surface area contributed by atoms with E-state index in [2.05, 4.69) is 27.7 Å². The van der Waals surface area contributed by atoms with Gasteiger partial charge in [0.05, 0.1) is 0 Å². The molecule has 1 aliphatic rings. The van der Waals surface area contributed by atoms with Crippen LogP contribution in [0, 0.1) is 0 Å². The monoisotopic (exact) mass is 212 g/mol. The first-order chi connectivity index (χ1) is 6.70. The molecule has 0 saturated heterocycles. The molecule has 0 aromatic carbocycles. The van der Waals surface area contributed by atoms with Crippen LogP contribution in [-0.2, 0) is 0 Å². The Morgan fingerprint density at radius 3 is 1.79 bits per heavy atom. The summed E-state index contributed by atoms with van der Waals surface area (Å²) >= 11 is 0. The third kappa shape index (κ3) is 2.85. The molecule has 84 valence electrons. The smallest absolute Gasteiger partial charge is 0.0455 e. The van der Waals surface area contributed by atoms with E-state index in [1.807, 2.05) is 0 Å². The summed E-state index contributed by atoms with van der Waals surface area (Å²) in [5, 5.41) is 0. The van der Waals surface area contributed by atoms with Gasteiger partial charge in [-0.25, -0.2) is 0 Å². The minimum atomic E-state index is -0.475. The maximum Gasteiger partial charge on any atom is 0.0455 e. The van der Waals surface area contributed by atoms with Crippen LogP contribution in [0.4, 0.5) is 0 Å². The number of hydrogen-bond acceptors (Lipinski definition) is 0. The first-order valence-electron chi connectivity index (χ1n) is 6.70. The largest absolute Gasteiger partial charge is 0.0654 e. The van der Waals surface area contributed by atoms with Crippen LogP contribution < -0.4 is 0 Å². The highest BCUT2D eigenvalue weighted by Gasteiger charge is 2.32. The van der Waals surface area contributed by atoms with Crippen molar-refractivity contribution in [2.24, 2.45) is 0 Å². The maximum absolute atomic E-state index is 2.53. The van der Waals surface area contributed by atoms with E-state index < -0.39 is 8.80 Å². The SMILES string of the molecule is CCC(C)[SiH](C(C)CC)C1CCCC1. The first kappa shape index (κ1) is 12.3. The first-order valence-corrected chi connectivity index (χ1v) is 8.70. The minimum Gasteiger partial charge on any atom is -0.0654 e. The summed E-state index contributed by atoms with van der Waals surface area (Å²) < 4.78 is 0. The Bertz CT molecular complexity index is 139. The molecular formula is C13H28Si. The predicted octanol–water partition coefficient (Wildman–Crippen LogP) is 4.76. The molecule has 2 atom stereocenters. The van der Waals surface area contributed by atoms with Crippen LogP contribution in [0.25, 0.3) is 0 Å². The van der Waals surface area contributed by atoms with Gasteiger partial charge in [0.1, 0.15) is 0 Å². The van der Waals surface area contributed by atoms with E-state index in [1.165, 1.54) is 31.2 Å². The van der Waals surface area contributed by atoms with Gasteiger partial charge in [-0.3, -0.25) is 0 Å². The molecule has 0 heterocycles. The molecule has 0 aromatic heterocycles. The molecule has 0 bridgehead atoms. The Hall–Kier alpha value is 0.217. The molecule has 1 heteroatoms. The van der Waals surface area contributed by atoms with Crippen LogP contribution in [-0.4, -0.2) is 8.80 Å². The van der Waals surface area contributed by atoms with Crippen LogP contribution >= 0.6 is 0 Å². The van der Waals surface area contributed by atoms with Crippen molar-refractivity contribution in [2.45, 2.75) is 82.8 Å². The second-order valence-corrected chi connectivity index (χ2v) is 9.77. The lowest BCUT2D eigenvalue weighted by Gasteiger charge is -2.32. The lowest BCUT2D eigenvalue weighted by atomic mass is 10.3. The average Bonchev–Trinajstić information content (AvgIpc) is 2.70. The van der Waals surface area contributed by atoms with Crippen molar-refractivity contribution in [1.82, 2.24) is 0 Å². The topological polar surface area (TPSA) is 0 Å². The predicted molar refractivity (Wildman–Crippen MR) is 68.8 cm³/mol. The molecule has 14 heavy (non-hydrogen) atoms. The van der Waals surface area contributed by atoms with Crippen LogP contribution in [0.2, 0.25) is 16.6 Å². The van der Waals surface area contributed by atoms with E-state index in [0.717, 1.165) is 11.1 Å². The summed E-state index contributed by atoms with van der Waals surface area (Å²) in [4.78, 5) is 0. The van der Waals surface area contributed by atoms with Gasteiger partial charge in [-0.15, -0.1) is 0 Å². The van der Waals surface area contributed by atoms with E-state index in [1.54, 1.807) is 12.8 Å². The lowest BCUT2D eigenvalue weighted by Crippen LogP contribution is -2.28. The normalized spacial score (nSPS) is 24.9. The van der Waals surface area contributed by atoms with Crippen molar-refractivity contribution in [1.29, 1.82) is 0 Å². The Labute approximate surface area is 92.1 Å². The minimum absolute atomic E-state index is 0.475. The van der Waals surface area contributed by atoms with Crippen molar-refractivity contribution >= 4 is 8.80 Å². The quantitative estimate of drug-likeness (QED) is 0.577. The van der Waals surface area contributed by atoms with Crippen LogP contribution in [0.1, 0.15) is 66.2 Å². The van der Waals surface area contributed by atoms with Crippen molar-refractivity contribution in [3.8, 4) is 0 Å². The zero-order valence-electron chi connectivity index (χ0n) is 10.6. The van der Waals surface area contributed by atoms with Gasteiger partial charge in [0.25, 0.3) is 0 Å². The fourth-order valence-electron chi connectivity index (χ4n) is 3.38. The van der Waals surface area contributed by atoms with E-state index in [9.17, 15) is 0 Å². The second-order valence-electron chi connectivity index (χ2n) is 5.39. The summed E-state index contributed by atoms with van der Waals surface area (Å²) in [5.41, 5.74) is 3.35. The Morgan fingerprint density at radius 2 is 1.43 bits per heavy atom. The summed E-state index contributed by atoms with van der Waals surface area (Å²) in [5.74, 6) is 0. The molecule has 1 saturated carbocycles. The molecule has 1 fully saturated rings. The molecule has 0 aromatic rings. The third-order valence-electron chi connectivity index (χ3n) is 4.55. The highest BCUT2D eigenvalue weighted by molar-refractivity contribution is 6.63. The van der Waals surface area contributed by atoms with Crippen molar-refractivity contribution in [3.05, 3.63) is 0 Å². The molecule has 0 nitrogen and oxygen atoms in total. The standard InChI is InChI=1S/C13H28Si/c1-5-11(3)14(12(4)6-2)13-9-7-8-10-13/h11-14H,5-10H2,1-4H3. The Morgan fingerprint density at radius 1 is 1.00 bits per heavy atom. The number of rotatable bonds is 5. The fourth-order valence-corrected chi connectivity index (χ4v) is 8.69. The summed E-state index contributed by atoms with van der Waals surface area (Å²) in [7, 11) is -0.475. The van der Waals surface area contributed by atoms with E-state index in [4.69, 9.17) is 0 Å². The molecule has 0 amide bonds. The van der Waals surface area contributed by atoms with Crippen LogP contribution in [0.3, 0.4) is 0 Å². The third-order valence-corrected chi connectivity index (χ3v) is 9.87. The molecule has 1 aliphatic carbocycles. The van der Waals surface area contributed by atoms with Crippen LogP contribution in [0.15, 0.2) is 0 Å². The molecule has 0 spiro atoms. The summed E-state index contributed by atoms with van der Waals surface area (Å²) in [6.07, 6.45) is 9.06. The van der Waals surface area contributed by atoms with E-state index in [0.29, 0.717) is 0 Å². The number of hydrogen-bond donors (Lipinski definition) is 0. The van der Waals surface area contributed by atoms with Crippen LogP contribution in [0.5, 0.6) is 0 Å². The lowest BCUT2D eigenvalue weighted by molar-refractivity contribution is 0.716. The van der Waals surface area contributed by atoms with Gasteiger partial charge in [-0.2, -0.15) is 0 Å². The highest BCUT2D eigenvalue weighted by atomic mass is 28.3. The zero-order valence-corrected chi connectivity index (χ0v) is 11.7. The van der Waals surface area contributed by atoms with E-state index in [-0.39, 0.29) is 0 Å². The summed E-state index contributed by atoms with van der Waals surface area (Å²) in [6.45, 7) is 9.84. The molecule has 2 unspecified atom stereocenters. The van der Waals surface area contributed by atoms with Gasteiger partial charge in [-0.1, -0.05) is 77.3 Å². The van der Waals surface area contributed by atoms with Gasteiger partial charge >= 0.3 is 0 Å². The Balaban J connectivity index is 2.59. The molecule has 1 rings (SSSR count). The fraction of sp³-hybridized carbons (Fsp3) is 1.00. The van der Waals surface area contributed by atoms with Crippen molar-refractivity contribution < 1.29 is 0 Å². The van der Waals surface area contributed by atoms with Gasteiger partial charge < -0.3 is 0 Å². The summed E-state index contributed by atoms with van der Waals surface area (Å²) in [6, 6.07) is 0. The zero-order chi connectivity index (χ0) is 10.6. The molecular weight excluding hydrogens is 184 g/mol. The van der Waals surface area contributed by atoms with Crippen molar-refractivity contribution in [2.75, 3.05) is 0 Å². The average molecular weight is 212 g/mol. The molecule has 0 N–H and O–H groups in total. The van der Waals surface area contributed by atoms with Crippen molar-refractivity contribution in [3.63, 3.8) is 0 Å². The van der Waals surface area contributed by atoms with Gasteiger partial charge in [0, 0.05) is 8.80 Å².